The van der Waals surface area contributed by atoms with Crippen molar-refractivity contribution in [3.63, 3.8) is 0 Å². The summed E-state index contributed by atoms with van der Waals surface area (Å²) in [7, 11) is -5.89. The van der Waals surface area contributed by atoms with E-state index in [-0.39, 0.29) is 17.5 Å². The van der Waals surface area contributed by atoms with Crippen LogP contribution in [-0.4, -0.2) is 49.1 Å². The SMILES string of the molecule is C[C@@H]1COCCN1c1cc(=O)n2cccc(OS(=O)(=O)C(F)(F)F)c2n1. The molecular formula is C14H14F3N3O5S. The van der Waals surface area contributed by atoms with Crippen LogP contribution in [0.1, 0.15) is 6.92 Å². The number of anilines is 1. The van der Waals surface area contributed by atoms with Gasteiger partial charge in [-0.15, -0.1) is 0 Å². The lowest BCUT2D eigenvalue weighted by Gasteiger charge is -2.34. The zero-order chi connectivity index (χ0) is 19.1. The minimum Gasteiger partial charge on any atom is -0.377 e. The minimum absolute atomic E-state index is 0.120. The molecule has 0 radical (unpaired) electrons. The predicted molar refractivity (Wildman–Crippen MR) is 84.7 cm³/mol. The van der Waals surface area contributed by atoms with Crippen molar-refractivity contribution in [2.24, 2.45) is 0 Å². The molecule has 3 heterocycles. The quantitative estimate of drug-likeness (QED) is 0.571. The second-order valence-corrected chi connectivity index (χ2v) is 7.16. The number of hydrogen-bond donors (Lipinski definition) is 0. The van der Waals surface area contributed by atoms with Gasteiger partial charge in [0.15, 0.2) is 11.4 Å². The highest BCUT2D eigenvalue weighted by Crippen LogP contribution is 2.29. The Kier molecular flexibility index (Phi) is 4.56. The molecule has 8 nitrogen and oxygen atoms in total. The van der Waals surface area contributed by atoms with E-state index in [0.717, 1.165) is 10.5 Å². The Morgan fingerprint density at radius 1 is 1.38 bits per heavy atom. The zero-order valence-electron chi connectivity index (χ0n) is 13.4. The number of pyridine rings is 1. The van der Waals surface area contributed by atoms with Crippen LogP contribution in [0.4, 0.5) is 19.0 Å². The molecule has 0 N–H and O–H groups in total. The summed E-state index contributed by atoms with van der Waals surface area (Å²) in [5, 5.41) is 0. The van der Waals surface area contributed by atoms with Crippen molar-refractivity contribution in [2.75, 3.05) is 24.7 Å². The van der Waals surface area contributed by atoms with E-state index in [0.29, 0.717) is 19.8 Å². The van der Waals surface area contributed by atoms with Crippen LogP contribution >= 0.6 is 0 Å². The highest BCUT2D eigenvalue weighted by atomic mass is 32.2. The fourth-order valence-corrected chi connectivity index (χ4v) is 2.99. The zero-order valence-corrected chi connectivity index (χ0v) is 14.2. The molecule has 142 valence electrons. The van der Waals surface area contributed by atoms with Gasteiger partial charge in [0.25, 0.3) is 5.56 Å². The molecule has 1 fully saturated rings. The monoisotopic (exact) mass is 393 g/mol. The molecule has 0 saturated carbocycles. The maximum absolute atomic E-state index is 12.6. The van der Waals surface area contributed by atoms with Crippen molar-refractivity contribution in [1.29, 1.82) is 0 Å². The van der Waals surface area contributed by atoms with Gasteiger partial charge in [-0.2, -0.15) is 21.6 Å². The molecule has 0 unspecified atom stereocenters. The molecule has 1 saturated heterocycles. The minimum atomic E-state index is -5.89. The molecule has 0 spiro atoms. The Balaban J connectivity index is 2.12. The first-order valence-corrected chi connectivity index (χ1v) is 8.88. The summed E-state index contributed by atoms with van der Waals surface area (Å²) in [6, 6.07) is 3.29. The molecule has 0 aliphatic carbocycles. The van der Waals surface area contributed by atoms with Gasteiger partial charge in [0.1, 0.15) is 5.82 Å². The van der Waals surface area contributed by atoms with Crippen molar-refractivity contribution in [2.45, 2.75) is 18.5 Å². The van der Waals surface area contributed by atoms with Crippen molar-refractivity contribution in [1.82, 2.24) is 9.38 Å². The molecule has 12 heteroatoms. The van der Waals surface area contributed by atoms with Gasteiger partial charge in [-0.25, -0.2) is 4.98 Å². The Morgan fingerprint density at radius 3 is 2.77 bits per heavy atom. The first kappa shape index (κ1) is 18.5. The highest BCUT2D eigenvalue weighted by molar-refractivity contribution is 7.88. The highest BCUT2D eigenvalue weighted by Gasteiger charge is 2.48. The van der Waals surface area contributed by atoms with E-state index >= 15 is 0 Å². The summed E-state index contributed by atoms with van der Waals surface area (Å²) in [6.07, 6.45) is 1.25. The molecule has 3 rings (SSSR count). The van der Waals surface area contributed by atoms with E-state index in [1.54, 1.807) is 4.90 Å². The van der Waals surface area contributed by atoms with Gasteiger partial charge >= 0.3 is 15.6 Å². The van der Waals surface area contributed by atoms with E-state index in [2.05, 4.69) is 9.17 Å². The van der Waals surface area contributed by atoms with Gasteiger partial charge in [-0.1, -0.05) is 0 Å². The third kappa shape index (κ3) is 3.33. The van der Waals surface area contributed by atoms with E-state index in [9.17, 15) is 26.4 Å². The molecule has 0 bridgehead atoms. The normalized spacial score (nSPS) is 18.9. The molecule has 1 atom stereocenters. The predicted octanol–water partition coefficient (Wildman–Crippen LogP) is 1.15. The van der Waals surface area contributed by atoms with E-state index in [1.165, 1.54) is 18.3 Å². The number of hydrogen-bond acceptors (Lipinski definition) is 7. The molecule has 2 aromatic heterocycles. The first-order chi connectivity index (χ1) is 12.1. The lowest BCUT2D eigenvalue weighted by Crippen LogP contribution is -2.44. The summed E-state index contributed by atoms with van der Waals surface area (Å²) in [6.45, 7) is 3.04. The summed E-state index contributed by atoms with van der Waals surface area (Å²) >= 11 is 0. The molecule has 26 heavy (non-hydrogen) atoms. The maximum atomic E-state index is 12.6. The molecular weight excluding hydrogens is 379 g/mol. The smallest absolute Gasteiger partial charge is 0.377 e. The van der Waals surface area contributed by atoms with Crippen molar-refractivity contribution < 1.29 is 30.5 Å². The van der Waals surface area contributed by atoms with Crippen LogP contribution in [0, 0.1) is 0 Å². The van der Waals surface area contributed by atoms with Crippen LogP contribution in [0.2, 0.25) is 0 Å². The van der Waals surface area contributed by atoms with Gasteiger partial charge in [0, 0.05) is 18.8 Å². The number of rotatable bonds is 3. The van der Waals surface area contributed by atoms with Gasteiger partial charge in [-0.05, 0) is 19.1 Å². The Labute approximate surface area is 145 Å². The Hall–Kier alpha value is -2.34. The first-order valence-electron chi connectivity index (χ1n) is 7.48. The van der Waals surface area contributed by atoms with Crippen molar-refractivity contribution in [3.8, 4) is 5.75 Å². The van der Waals surface area contributed by atoms with Crippen LogP contribution in [0.25, 0.3) is 5.65 Å². The Bertz CT molecular complexity index is 989. The average Bonchev–Trinajstić information content (AvgIpc) is 2.54. The molecule has 0 aromatic carbocycles. The molecule has 1 aliphatic rings. The van der Waals surface area contributed by atoms with Gasteiger partial charge in [0.05, 0.1) is 19.3 Å². The average molecular weight is 393 g/mol. The largest absolute Gasteiger partial charge is 0.534 e. The number of alkyl halides is 3. The number of halogens is 3. The standard InChI is InChI=1S/C14H14F3N3O5S/c1-9-8-24-6-5-19(9)11-7-12(21)20-4-2-3-10(13(20)18-11)25-26(22,23)14(15,16)17/h2-4,7,9H,5-6,8H2,1H3/t9-/m1/s1. The topological polar surface area (TPSA) is 90.2 Å². The lowest BCUT2D eigenvalue weighted by atomic mass is 10.2. The van der Waals surface area contributed by atoms with E-state index in [1.807, 2.05) is 6.92 Å². The third-order valence-electron chi connectivity index (χ3n) is 3.79. The Morgan fingerprint density at radius 2 is 2.12 bits per heavy atom. The van der Waals surface area contributed by atoms with Gasteiger partial charge in [-0.3, -0.25) is 9.20 Å². The molecule has 0 amide bonds. The summed E-state index contributed by atoms with van der Waals surface area (Å²) in [4.78, 5) is 18.2. The fraction of sp³-hybridized carbons (Fsp3) is 0.429. The van der Waals surface area contributed by atoms with E-state index in [4.69, 9.17) is 4.74 Å². The number of aromatic nitrogens is 2. The van der Waals surface area contributed by atoms with Gasteiger partial charge < -0.3 is 13.8 Å². The fourth-order valence-electron chi connectivity index (χ4n) is 2.53. The number of morpholine rings is 1. The van der Waals surface area contributed by atoms with Crippen LogP contribution in [0.15, 0.2) is 29.2 Å². The third-order valence-corrected chi connectivity index (χ3v) is 4.75. The van der Waals surface area contributed by atoms with Crippen LogP contribution in [0.3, 0.4) is 0 Å². The van der Waals surface area contributed by atoms with Crippen molar-refractivity contribution in [3.05, 3.63) is 34.7 Å². The second kappa shape index (κ2) is 6.43. The van der Waals surface area contributed by atoms with E-state index < -0.39 is 26.9 Å². The maximum Gasteiger partial charge on any atom is 0.534 e. The number of nitrogens with zero attached hydrogens (tertiary/aromatic N) is 3. The summed E-state index contributed by atoms with van der Waals surface area (Å²) < 4.78 is 70.8. The number of fused-ring (bicyclic) bond motifs is 1. The van der Waals surface area contributed by atoms with Gasteiger partial charge in [0.2, 0.25) is 0 Å². The lowest BCUT2D eigenvalue weighted by molar-refractivity contribution is -0.0499. The number of ether oxygens (including phenoxy) is 1. The summed E-state index contributed by atoms with van der Waals surface area (Å²) in [5.41, 5.74) is -6.52. The molecule has 1 aliphatic heterocycles. The van der Waals surface area contributed by atoms with Crippen LogP contribution < -0.4 is 14.6 Å². The molecule has 2 aromatic rings. The second-order valence-electron chi connectivity index (χ2n) is 5.62. The van der Waals surface area contributed by atoms with Crippen LogP contribution in [-0.2, 0) is 14.9 Å². The summed E-state index contributed by atoms with van der Waals surface area (Å²) in [5.74, 6) is -0.490. The van der Waals surface area contributed by atoms with Crippen LogP contribution in [0.5, 0.6) is 5.75 Å². The van der Waals surface area contributed by atoms with Crippen molar-refractivity contribution >= 4 is 21.6 Å².